The lowest BCUT2D eigenvalue weighted by Gasteiger charge is -1.99. The van der Waals surface area contributed by atoms with Crippen molar-refractivity contribution in [2.75, 3.05) is 0 Å². The van der Waals surface area contributed by atoms with Gasteiger partial charge in [0.05, 0.1) is 23.8 Å². The summed E-state index contributed by atoms with van der Waals surface area (Å²) in [6.07, 6.45) is 3.04. The summed E-state index contributed by atoms with van der Waals surface area (Å²) in [5.41, 5.74) is 1.71. The van der Waals surface area contributed by atoms with Crippen LogP contribution < -0.4 is 0 Å². The minimum Gasteiger partial charge on any atom is -0.285 e. The Hall–Kier alpha value is -3.03. The highest BCUT2D eigenvalue weighted by Crippen LogP contribution is 2.16. The average Bonchev–Trinajstić information content (AvgIpc) is 3.31. The first kappa shape index (κ1) is 16.4. The van der Waals surface area contributed by atoms with Crippen LogP contribution in [-0.4, -0.2) is 35.8 Å². The molecule has 0 aliphatic carbocycles. The van der Waals surface area contributed by atoms with Crippen LogP contribution in [0.5, 0.6) is 0 Å². The van der Waals surface area contributed by atoms with E-state index in [9.17, 15) is 4.79 Å². The molecule has 26 heavy (non-hydrogen) atoms. The number of hydrogen-bond donors (Lipinski definition) is 0. The highest BCUT2D eigenvalue weighted by molar-refractivity contribution is 6.31. The van der Waals surface area contributed by atoms with Crippen LogP contribution in [0, 0.1) is 0 Å². The van der Waals surface area contributed by atoms with Gasteiger partial charge in [-0.25, -0.2) is 9.36 Å². The molecule has 0 fully saturated rings. The van der Waals surface area contributed by atoms with Gasteiger partial charge in [-0.15, -0.1) is 10.2 Å². The summed E-state index contributed by atoms with van der Waals surface area (Å²) in [6, 6.07) is 14.1. The van der Waals surface area contributed by atoms with E-state index in [4.69, 9.17) is 23.2 Å². The molecule has 0 amide bonds. The molecule has 9 heteroatoms. The topological polar surface area (TPSA) is 78.5 Å². The first-order chi connectivity index (χ1) is 12.6. The summed E-state index contributed by atoms with van der Waals surface area (Å²) in [5.74, 6) is -0.383. The first-order valence-electron chi connectivity index (χ1n) is 7.51. The third-order valence-corrected chi connectivity index (χ3v) is 4.07. The smallest absolute Gasteiger partial charge is 0.236 e. The maximum absolute atomic E-state index is 12.6. The van der Waals surface area contributed by atoms with E-state index in [1.165, 1.54) is 21.8 Å². The fourth-order valence-corrected chi connectivity index (χ4v) is 2.73. The Bertz CT molecular complexity index is 1020. The van der Waals surface area contributed by atoms with Crippen LogP contribution in [0.2, 0.25) is 10.0 Å². The number of benzene rings is 2. The van der Waals surface area contributed by atoms with Crippen LogP contribution in [0.3, 0.4) is 0 Å². The second-order valence-corrected chi connectivity index (χ2v) is 6.26. The van der Waals surface area contributed by atoms with Crippen molar-refractivity contribution in [2.24, 2.45) is 0 Å². The number of halogens is 2. The Kier molecular flexibility index (Phi) is 4.24. The molecule has 0 saturated carbocycles. The van der Waals surface area contributed by atoms with Crippen molar-refractivity contribution in [3.63, 3.8) is 0 Å². The predicted octanol–water partition coefficient (Wildman–Crippen LogP) is 3.39. The third-order valence-electron chi connectivity index (χ3n) is 3.60. The SMILES string of the molecule is O=C(c1cn(-c2cccc(Cl)c2)nn1)c1cn(-c2cccc(Cl)c2)nn1. The summed E-state index contributed by atoms with van der Waals surface area (Å²) in [5, 5.41) is 16.9. The van der Waals surface area contributed by atoms with Gasteiger partial charge in [-0.2, -0.15) is 0 Å². The number of carbonyl (C=O) groups is 1. The molecule has 0 unspecified atom stereocenters. The van der Waals surface area contributed by atoms with Crippen molar-refractivity contribution in [1.29, 1.82) is 0 Å². The third kappa shape index (κ3) is 3.22. The standard InChI is InChI=1S/C17H10Cl2N6O/c18-11-3-1-5-13(7-11)24-9-15(20-22-24)17(26)16-10-25(23-21-16)14-6-2-4-12(19)8-14/h1-10H. The maximum atomic E-state index is 12.6. The molecule has 0 N–H and O–H groups in total. The van der Waals surface area contributed by atoms with Crippen LogP contribution in [0.1, 0.15) is 16.2 Å². The number of carbonyl (C=O) groups excluding carboxylic acids is 1. The molecular formula is C17H10Cl2N6O. The van der Waals surface area contributed by atoms with Crippen molar-refractivity contribution in [3.05, 3.63) is 82.4 Å². The zero-order valence-corrected chi connectivity index (χ0v) is 14.6. The maximum Gasteiger partial charge on any atom is 0.236 e. The largest absolute Gasteiger partial charge is 0.285 e. The van der Waals surface area contributed by atoms with Gasteiger partial charge in [0, 0.05) is 10.0 Å². The van der Waals surface area contributed by atoms with Gasteiger partial charge in [0.15, 0.2) is 11.4 Å². The van der Waals surface area contributed by atoms with Gasteiger partial charge in [-0.05, 0) is 36.4 Å². The van der Waals surface area contributed by atoms with Gasteiger partial charge in [-0.1, -0.05) is 45.8 Å². The van der Waals surface area contributed by atoms with Gasteiger partial charge in [0.2, 0.25) is 5.78 Å². The zero-order valence-electron chi connectivity index (χ0n) is 13.1. The molecule has 2 heterocycles. The van der Waals surface area contributed by atoms with Gasteiger partial charge in [-0.3, -0.25) is 4.79 Å². The molecule has 0 radical (unpaired) electrons. The molecule has 128 valence electrons. The quantitative estimate of drug-likeness (QED) is 0.504. The van der Waals surface area contributed by atoms with Crippen LogP contribution >= 0.6 is 23.2 Å². The van der Waals surface area contributed by atoms with Crippen LogP contribution in [0.4, 0.5) is 0 Å². The number of nitrogens with zero attached hydrogens (tertiary/aromatic N) is 6. The van der Waals surface area contributed by atoms with Gasteiger partial charge >= 0.3 is 0 Å². The first-order valence-corrected chi connectivity index (χ1v) is 8.27. The summed E-state index contributed by atoms with van der Waals surface area (Å²) in [4.78, 5) is 12.6. The monoisotopic (exact) mass is 384 g/mol. The number of hydrogen-bond acceptors (Lipinski definition) is 5. The molecule has 7 nitrogen and oxygen atoms in total. The molecule has 4 aromatic rings. The second-order valence-electron chi connectivity index (χ2n) is 5.39. The Labute approximate surface area is 157 Å². The van der Waals surface area contributed by atoms with Gasteiger partial charge in [0.1, 0.15) is 0 Å². The highest BCUT2D eigenvalue weighted by Gasteiger charge is 2.18. The van der Waals surface area contributed by atoms with E-state index < -0.39 is 0 Å². The molecule has 0 spiro atoms. The van der Waals surface area contributed by atoms with Crippen molar-refractivity contribution < 1.29 is 4.79 Å². The van der Waals surface area contributed by atoms with E-state index in [1.54, 1.807) is 36.4 Å². The van der Waals surface area contributed by atoms with Gasteiger partial charge in [0.25, 0.3) is 0 Å². The van der Waals surface area contributed by atoms with Crippen molar-refractivity contribution >= 4 is 29.0 Å². The van der Waals surface area contributed by atoms with E-state index in [1.807, 2.05) is 12.1 Å². The minimum absolute atomic E-state index is 0.156. The lowest BCUT2D eigenvalue weighted by Crippen LogP contribution is -2.02. The molecule has 2 aromatic heterocycles. The summed E-state index contributed by atoms with van der Waals surface area (Å²) in [6.45, 7) is 0. The fraction of sp³-hybridized carbons (Fsp3) is 0. The summed E-state index contributed by atoms with van der Waals surface area (Å²) >= 11 is 11.9. The number of aromatic nitrogens is 6. The minimum atomic E-state index is -0.383. The van der Waals surface area contributed by atoms with E-state index in [2.05, 4.69) is 20.6 Å². The van der Waals surface area contributed by atoms with E-state index in [-0.39, 0.29) is 17.2 Å². The lowest BCUT2D eigenvalue weighted by molar-refractivity contribution is 0.102. The second kappa shape index (κ2) is 6.70. The van der Waals surface area contributed by atoms with Crippen molar-refractivity contribution in [3.8, 4) is 11.4 Å². The molecular weight excluding hydrogens is 375 g/mol. The van der Waals surface area contributed by atoms with Crippen LogP contribution in [-0.2, 0) is 0 Å². The average molecular weight is 385 g/mol. The molecule has 0 atom stereocenters. The Morgan fingerprint density at radius 1 is 0.769 bits per heavy atom. The fourth-order valence-electron chi connectivity index (χ4n) is 2.36. The number of rotatable bonds is 4. The van der Waals surface area contributed by atoms with Gasteiger partial charge < -0.3 is 0 Å². The molecule has 4 rings (SSSR count). The van der Waals surface area contributed by atoms with E-state index >= 15 is 0 Å². The molecule has 0 saturated heterocycles. The predicted molar refractivity (Wildman–Crippen MR) is 96.2 cm³/mol. The van der Waals surface area contributed by atoms with E-state index in [0.717, 1.165) is 0 Å². The summed E-state index contributed by atoms with van der Waals surface area (Å²) < 4.78 is 2.95. The Balaban J connectivity index is 1.61. The lowest BCUT2D eigenvalue weighted by atomic mass is 10.2. The summed E-state index contributed by atoms with van der Waals surface area (Å²) in [7, 11) is 0. The highest BCUT2D eigenvalue weighted by atomic mass is 35.5. The normalized spacial score (nSPS) is 10.8. The van der Waals surface area contributed by atoms with E-state index in [0.29, 0.717) is 21.4 Å². The van der Waals surface area contributed by atoms with Crippen molar-refractivity contribution in [1.82, 2.24) is 30.0 Å². The Morgan fingerprint density at radius 2 is 1.23 bits per heavy atom. The molecule has 0 aliphatic heterocycles. The number of ketones is 1. The Morgan fingerprint density at radius 3 is 1.65 bits per heavy atom. The molecule has 0 bridgehead atoms. The van der Waals surface area contributed by atoms with Crippen molar-refractivity contribution in [2.45, 2.75) is 0 Å². The molecule has 0 aliphatic rings. The zero-order chi connectivity index (χ0) is 18.1. The molecule has 2 aromatic carbocycles. The van der Waals surface area contributed by atoms with Crippen LogP contribution in [0.15, 0.2) is 60.9 Å². The van der Waals surface area contributed by atoms with Crippen LogP contribution in [0.25, 0.3) is 11.4 Å².